The van der Waals surface area contributed by atoms with Crippen LogP contribution in [0.15, 0.2) is 12.2 Å². The van der Waals surface area contributed by atoms with Crippen molar-refractivity contribution in [3.8, 4) is 0 Å². The van der Waals surface area contributed by atoms with Gasteiger partial charge in [-0.25, -0.2) is 0 Å². The summed E-state index contributed by atoms with van der Waals surface area (Å²) >= 11 is 4.21. The van der Waals surface area contributed by atoms with Gasteiger partial charge in [0.25, 0.3) is 0 Å². The lowest BCUT2D eigenvalue weighted by atomic mass is 9.78. The summed E-state index contributed by atoms with van der Waals surface area (Å²) in [5.74, 6) is 1.89. The Bertz CT molecular complexity index is 213. The Balaban J connectivity index is 1.88. The van der Waals surface area contributed by atoms with Gasteiger partial charge in [0.1, 0.15) is 0 Å². The van der Waals surface area contributed by atoms with E-state index in [1.54, 1.807) is 0 Å². The fraction of sp³-hybridized carbons (Fsp3) is 0.846. The van der Waals surface area contributed by atoms with Gasteiger partial charge in [0.05, 0.1) is 0 Å². The van der Waals surface area contributed by atoms with E-state index in [0.29, 0.717) is 0 Å². The fourth-order valence-corrected chi connectivity index (χ4v) is 3.39. The molecule has 15 heavy (non-hydrogen) atoms. The minimum atomic E-state index is 0.877. The summed E-state index contributed by atoms with van der Waals surface area (Å²) in [4.78, 5) is 2.70. The summed E-state index contributed by atoms with van der Waals surface area (Å²) < 4.78 is 0. The third-order valence-corrected chi connectivity index (χ3v) is 4.18. The van der Waals surface area contributed by atoms with Crippen molar-refractivity contribution in [2.75, 3.05) is 18.8 Å². The first kappa shape index (κ1) is 11.5. The number of likely N-dealkylation sites (tertiary alicyclic amines) is 1. The van der Waals surface area contributed by atoms with E-state index in [1.165, 1.54) is 45.1 Å². The zero-order valence-corrected chi connectivity index (χ0v) is 10.5. The van der Waals surface area contributed by atoms with E-state index in [4.69, 9.17) is 0 Å². The van der Waals surface area contributed by atoms with Gasteiger partial charge in [0.2, 0.25) is 0 Å². The SMILES string of the molecule is SC/C=C/CN1CCC[C@H]2CCCC[C@H]21. The zero-order valence-electron chi connectivity index (χ0n) is 9.57. The van der Waals surface area contributed by atoms with Crippen molar-refractivity contribution >= 4 is 12.6 Å². The average Bonchev–Trinajstić information content (AvgIpc) is 2.30. The van der Waals surface area contributed by atoms with Crippen molar-refractivity contribution in [2.24, 2.45) is 5.92 Å². The van der Waals surface area contributed by atoms with Crippen molar-refractivity contribution in [3.63, 3.8) is 0 Å². The van der Waals surface area contributed by atoms with Crippen molar-refractivity contribution < 1.29 is 0 Å². The molecule has 1 aliphatic heterocycles. The first-order chi connectivity index (χ1) is 7.42. The summed E-state index contributed by atoms with van der Waals surface area (Å²) in [5.41, 5.74) is 0. The maximum Gasteiger partial charge on any atom is 0.0166 e. The van der Waals surface area contributed by atoms with Gasteiger partial charge >= 0.3 is 0 Å². The first-order valence-corrected chi connectivity index (χ1v) is 7.05. The smallest absolute Gasteiger partial charge is 0.0166 e. The van der Waals surface area contributed by atoms with Gasteiger partial charge in [-0.2, -0.15) is 12.6 Å². The van der Waals surface area contributed by atoms with Gasteiger partial charge < -0.3 is 0 Å². The van der Waals surface area contributed by atoms with E-state index in [-0.39, 0.29) is 0 Å². The third kappa shape index (κ3) is 3.01. The van der Waals surface area contributed by atoms with E-state index < -0.39 is 0 Å². The molecule has 0 spiro atoms. The van der Waals surface area contributed by atoms with Crippen LogP contribution in [0, 0.1) is 5.92 Å². The monoisotopic (exact) mass is 225 g/mol. The quantitative estimate of drug-likeness (QED) is 0.570. The molecule has 2 atom stereocenters. The minimum Gasteiger partial charge on any atom is -0.296 e. The molecule has 2 rings (SSSR count). The van der Waals surface area contributed by atoms with Gasteiger partial charge in [0, 0.05) is 18.3 Å². The Morgan fingerprint density at radius 3 is 2.73 bits per heavy atom. The van der Waals surface area contributed by atoms with Crippen molar-refractivity contribution in [2.45, 2.75) is 44.6 Å². The molecule has 0 aromatic heterocycles. The lowest BCUT2D eigenvalue weighted by Gasteiger charge is -2.43. The van der Waals surface area contributed by atoms with Gasteiger partial charge in [-0.05, 0) is 38.1 Å². The molecule has 0 aromatic rings. The predicted octanol–water partition coefficient (Wildman–Crippen LogP) is 3.13. The van der Waals surface area contributed by atoms with Crippen LogP contribution in [-0.4, -0.2) is 29.8 Å². The summed E-state index contributed by atoms with van der Waals surface area (Å²) in [6.45, 7) is 2.47. The topological polar surface area (TPSA) is 3.24 Å². The molecule has 86 valence electrons. The maximum absolute atomic E-state index is 4.21. The van der Waals surface area contributed by atoms with Crippen LogP contribution < -0.4 is 0 Å². The highest BCUT2D eigenvalue weighted by atomic mass is 32.1. The molecule has 0 radical (unpaired) electrons. The second kappa shape index (κ2) is 5.95. The molecule has 1 heterocycles. The van der Waals surface area contributed by atoms with Crippen LogP contribution in [0.5, 0.6) is 0 Å². The molecular formula is C13H23NS. The minimum absolute atomic E-state index is 0.877. The largest absolute Gasteiger partial charge is 0.296 e. The van der Waals surface area contributed by atoms with Crippen molar-refractivity contribution in [1.82, 2.24) is 4.90 Å². The molecule has 0 bridgehead atoms. The number of nitrogens with zero attached hydrogens (tertiary/aromatic N) is 1. The fourth-order valence-electron chi connectivity index (χ4n) is 3.24. The van der Waals surface area contributed by atoms with E-state index in [2.05, 4.69) is 29.7 Å². The normalized spacial score (nSPS) is 33.1. The van der Waals surface area contributed by atoms with Gasteiger partial charge in [-0.1, -0.05) is 25.0 Å². The lowest BCUT2D eigenvalue weighted by molar-refractivity contribution is 0.0711. The predicted molar refractivity (Wildman–Crippen MR) is 69.5 cm³/mol. The molecule has 1 aliphatic carbocycles. The Hall–Kier alpha value is 0.0500. The molecule has 0 aromatic carbocycles. The van der Waals surface area contributed by atoms with Gasteiger partial charge in [0.15, 0.2) is 0 Å². The highest BCUT2D eigenvalue weighted by molar-refractivity contribution is 7.80. The molecule has 0 amide bonds. The number of hydrogen-bond acceptors (Lipinski definition) is 2. The van der Waals surface area contributed by atoms with Crippen LogP contribution in [0.4, 0.5) is 0 Å². The van der Waals surface area contributed by atoms with Gasteiger partial charge in [-0.15, -0.1) is 0 Å². The van der Waals surface area contributed by atoms with E-state index >= 15 is 0 Å². The molecule has 2 heteroatoms. The molecule has 1 saturated heterocycles. The summed E-state index contributed by atoms with van der Waals surface area (Å²) in [6.07, 6.45) is 13.2. The second-order valence-corrected chi connectivity index (χ2v) is 5.27. The highest BCUT2D eigenvalue weighted by Crippen LogP contribution is 2.34. The Morgan fingerprint density at radius 1 is 1.07 bits per heavy atom. The maximum atomic E-state index is 4.21. The van der Waals surface area contributed by atoms with Crippen molar-refractivity contribution in [1.29, 1.82) is 0 Å². The van der Waals surface area contributed by atoms with Crippen LogP contribution in [-0.2, 0) is 0 Å². The Labute approximate surface area is 99.3 Å². The summed E-state index contributed by atoms with van der Waals surface area (Å²) in [7, 11) is 0. The Kier molecular flexibility index (Phi) is 4.58. The number of rotatable bonds is 3. The van der Waals surface area contributed by atoms with Crippen molar-refractivity contribution in [3.05, 3.63) is 12.2 Å². The van der Waals surface area contributed by atoms with E-state index in [9.17, 15) is 0 Å². The number of fused-ring (bicyclic) bond motifs is 1. The average molecular weight is 225 g/mol. The van der Waals surface area contributed by atoms with E-state index in [0.717, 1.165) is 24.3 Å². The molecule has 1 saturated carbocycles. The second-order valence-electron chi connectivity index (χ2n) is 4.90. The number of hydrogen-bond donors (Lipinski definition) is 1. The van der Waals surface area contributed by atoms with Crippen LogP contribution in [0.2, 0.25) is 0 Å². The molecule has 0 unspecified atom stereocenters. The number of piperidine rings is 1. The molecule has 2 aliphatic rings. The van der Waals surface area contributed by atoms with E-state index in [1.807, 2.05) is 0 Å². The molecule has 1 nitrogen and oxygen atoms in total. The summed E-state index contributed by atoms with van der Waals surface area (Å²) in [5, 5.41) is 0. The Morgan fingerprint density at radius 2 is 1.87 bits per heavy atom. The zero-order chi connectivity index (χ0) is 10.5. The van der Waals surface area contributed by atoms with Crippen LogP contribution >= 0.6 is 12.6 Å². The molecule has 0 N–H and O–H groups in total. The van der Waals surface area contributed by atoms with Gasteiger partial charge in [-0.3, -0.25) is 4.90 Å². The standard InChI is InChI=1S/C13H23NS/c15-11-4-3-9-14-10-5-7-12-6-1-2-8-13(12)14/h3-4,12-13,15H,1-2,5-11H2/b4-3+/t12-,13-/m1/s1. The number of thiol groups is 1. The lowest BCUT2D eigenvalue weighted by Crippen LogP contribution is -2.46. The molecular weight excluding hydrogens is 202 g/mol. The summed E-state index contributed by atoms with van der Waals surface area (Å²) in [6, 6.07) is 0.900. The molecule has 2 fully saturated rings. The third-order valence-electron chi connectivity index (χ3n) is 3.97. The van der Waals surface area contributed by atoms with Crippen LogP contribution in [0.1, 0.15) is 38.5 Å². The van der Waals surface area contributed by atoms with Crippen LogP contribution in [0.3, 0.4) is 0 Å². The first-order valence-electron chi connectivity index (χ1n) is 6.41. The van der Waals surface area contributed by atoms with Crippen LogP contribution in [0.25, 0.3) is 0 Å². The highest BCUT2D eigenvalue weighted by Gasteiger charge is 2.32.